The van der Waals surface area contributed by atoms with E-state index in [0.717, 1.165) is 43.2 Å². The van der Waals surface area contributed by atoms with E-state index in [-0.39, 0.29) is 12.4 Å². The zero-order chi connectivity index (χ0) is 18.2. The molecule has 0 fully saturated rings. The fourth-order valence-corrected chi connectivity index (χ4v) is 3.02. The molecule has 4 nitrogen and oxygen atoms in total. The summed E-state index contributed by atoms with van der Waals surface area (Å²) < 4.78 is 10.7. The van der Waals surface area contributed by atoms with Crippen LogP contribution < -0.4 is 15.2 Å². The molecule has 0 aliphatic rings. The number of benzene rings is 2. The third-order valence-electron chi connectivity index (χ3n) is 4.15. The van der Waals surface area contributed by atoms with Gasteiger partial charge in [-0.2, -0.15) is 0 Å². The second kappa shape index (κ2) is 10.9. The first-order valence-corrected chi connectivity index (χ1v) is 8.79. The van der Waals surface area contributed by atoms with Crippen LogP contribution in [0.1, 0.15) is 25.0 Å². The van der Waals surface area contributed by atoms with Gasteiger partial charge in [0.1, 0.15) is 0 Å². The zero-order valence-corrected chi connectivity index (χ0v) is 17.0. The van der Waals surface area contributed by atoms with Crippen LogP contribution in [0.25, 0.3) is 0 Å². The predicted molar refractivity (Wildman–Crippen MR) is 111 cm³/mol. The van der Waals surface area contributed by atoms with E-state index in [9.17, 15) is 0 Å². The molecule has 0 aliphatic heterocycles. The molecule has 0 saturated heterocycles. The van der Waals surface area contributed by atoms with Crippen LogP contribution in [0.3, 0.4) is 0 Å². The topological polar surface area (TPSA) is 47.7 Å². The van der Waals surface area contributed by atoms with Crippen molar-refractivity contribution in [1.82, 2.24) is 4.90 Å². The van der Waals surface area contributed by atoms with E-state index >= 15 is 0 Å². The van der Waals surface area contributed by atoms with Gasteiger partial charge in [-0.1, -0.05) is 32.0 Å². The number of nitrogens with zero attached hydrogens (tertiary/aromatic N) is 1. The molecule has 5 heteroatoms. The van der Waals surface area contributed by atoms with Crippen LogP contribution >= 0.6 is 12.4 Å². The van der Waals surface area contributed by atoms with Gasteiger partial charge in [-0.25, -0.2) is 0 Å². The Morgan fingerprint density at radius 1 is 0.962 bits per heavy atom. The first-order chi connectivity index (χ1) is 12.0. The highest BCUT2D eigenvalue weighted by atomic mass is 35.5. The summed E-state index contributed by atoms with van der Waals surface area (Å²) >= 11 is 0. The summed E-state index contributed by atoms with van der Waals surface area (Å²) in [5, 5.41) is 0. The highest BCUT2D eigenvalue weighted by Gasteiger charge is 2.10. The van der Waals surface area contributed by atoms with Crippen LogP contribution in [0.2, 0.25) is 0 Å². The van der Waals surface area contributed by atoms with Crippen LogP contribution in [0.5, 0.6) is 11.5 Å². The maximum absolute atomic E-state index is 5.92. The van der Waals surface area contributed by atoms with Crippen molar-refractivity contribution in [2.24, 2.45) is 5.92 Å². The van der Waals surface area contributed by atoms with Crippen molar-refractivity contribution in [2.75, 3.05) is 33.0 Å². The summed E-state index contributed by atoms with van der Waals surface area (Å²) in [5.74, 6) is 2.17. The minimum atomic E-state index is 0. The first-order valence-electron chi connectivity index (χ1n) is 8.79. The molecule has 0 amide bonds. The minimum Gasteiger partial charge on any atom is -0.493 e. The van der Waals surface area contributed by atoms with Crippen molar-refractivity contribution < 1.29 is 9.47 Å². The van der Waals surface area contributed by atoms with E-state index in [1.165, 1.54) is 11.1 Å². The van der Waals surface area contributed by atoms with E-state index in [1.54, 1.807) is 14.2 Å². The number of rotatable bonds is 9. The predicted octanol–water partition coefficient (Wildman–Crippen LogP) is 4.41. The van der Waals surface area contributed by atoms with Crippen LogP contribution in [0.4, 0.5) is 5.69 Å². The molecule has 0 spiro atoms. The Bertz CT molecular complexity index is 677. The highest BCUT2D eigenvalue weighted by Crippen LogP contribution is 2.27. The summed E-state index contributed by atoms with van der Waals surface area (Å²) in [7, 11) is 3.33. The normalized spacial score (nSPS) is 10.7. The Morgan fingerprint density at radius 2 is 1.69 bits per heavy atom. The van der Waals surface area contributed by atoms with E-state index in [1.807, 2.05) is 18.2 Å². The Labute approximate surface area is 163 Å². The standard InChI is InChI=1S/C21H30N2O2.ClH/c1-16(2)14-23(15-18-6-5-7-19(22)12-18)11-10-17-8-9-20(24-3)21(13-17)25-4;/h5-9,12-13,16H,10-11,14-15,22H2,1-4H3;1H. The molecule has 0 radical (unpaired) electrons. The Morgan fingerprint density at radius 3 is 2.31 bits per heavy atom. The SMILES string of the molecule is COc1ccc(CCN(Cc2cccc(N)c2)CC(C)C)cc1OC.Cl. The molecule has 2 aromatic carbocycles. The largest absolute Gasteiger partial charge is 0.493 e. The van der Waals surface area contributed by atoms with E-state index < -0.39 is 0 Å². The van der Waals surface area contributed by atoms with E-state index in [2.05, 4.69) is 43.0 Å². The first kappa shape index (κ1) is 22.1. The summed E-state index contributed by atoms with van der Waals surface area (Å²) in [6.07, 6.45) is 0.968. The quantitative estimate of drug-likeness (QED) is 0.656. The van der Waals surface area contributed by atoms with Gasteiger partial charge in [-0.05, 0) is 47.7 Å². The Balaban J connectivity index is 0.00000338. The maximum atomic E-state index is 5.92. The smallest absolute Gasteiger partial charge is 0.160 e. The van der Waals surface area contributed by atoms with Crippen LogP contribution in [0.15, 0.2) is 42.5 Å². The molecule has 26 heavy (non-hydrogen) atoms. The van der Waals surface area contributed by atoms with Gasteiger partial charge in [0.25, 0.3) is 0 Å². The molecule has 144 valence electrons. The fourth-order valence-electron chi connectivity index (χ4n) is 3.02. The average molecular weight is 379 g/mol. The van der Waals surface area contributed by atoms with Gasteiger partial charge in [0.15, 0.2) is 11.5 Å². The summed E-state index contributed by atoms with van der Waals surface area (Å²) in [6.45, 7) is 7.46. The maximum Gasteiger partial charge on any atom is 0.160 e. The molecule has 0 aliphatic carbocycles. The van der Waals surface area contributed by atoms with Crippen molar-refractivity contribution >= 4 is 18.1 Å². The highest BCUT2D eigenvalue weighted by molar-refractivity contribution is 5.85. The van der Waals surface area contributed by atoms with Gasteiger partial charge in [0.05, 0.1) is 14.2 Å². The third-order valence-corrected chi connectivity index (χ3v) is 4.15. The van der Waals surface area contributed by atoms with Crippen molar-refractivity contribution in [2.45, 2.75) is 26.8 Å². The Kier molecular flexibility index (Phi) is 9.31. The van der Waals surface area contributed by atoms with Gasteiger partial charge >= 0.3 is 0 Å². The fraction of sp³-hybridized carbons (Fsp3) is 0.429. The second-order valence-corrected chi connectivity index (χ2v) is 6.81. The second-order valence-electron chi connectivity index (χ2n) is 6.81. The molecule has 2 N–H and O–H groups in total. The summed E-state index contributed by atoms with van der Waals surface area (Å²) in [4.78, 5) is 2.48. The van der Waals surface area contributed by atoms with E-state index in [4.69, 9.17) is 15.2 Å². The number of halogens is 1. The monoisotopic (exact) mass is 378 g/mol. The number of ether oxygens (including phenoxy) is 2. The van der Waals surface area contributed by atoms with Crippen molar-refractivity contribution in [3.63, 3.8) is 0 Å². The van der Waals surface area contributed by atoms with E-state index in [0.29, 0.717) is 5.92 Å². The van der Waals surface area contributed by atoms with Crippen LogP contribution in [-0.4, -0.2) is 32.2 Å². The van der Waals surface area contributed by atoms with Crippen molar-refractivity contribution in [3.05, 3.63) is 53.6 Å². The lowest BCUT2D eigenvalue weighted by molar-refractivity contribution is 0.239. The van der Waals surface area contributed by atoms with Gasteiger partial charge < -0.3 is 15.2 Å². The molecule has 0 heterocycles. The third kappa shape index (κ3) is 6.77. The molecule has 2 rings (SSSR count). The molecule has 0 aromatic heterocycles. The minimum absolute atomic E-state index is 0. The molecule has 0 atom stereocenters. The molecule has 0 saturated carbocycles. The van der Waals surface area contributed by atoms with Crippen molar-refractivity contribution in [3.8, 4) is 11.5 Å². The van der Waals surface area contributed by atoms with Gasteiger partial charge in [-0.3, -0.25) is 4.90 Å². The number of hydrogen-bond donors (Lipinski definition) is 1. The average Bonchev–Trinajstić information content (AvgIpc) is 2.59. The Hall–Kier alpha value is -1.91. The number of nitrogen functional groups attached to an aromatic ring is 1. The molecule has 0 bridgehead atoms. The molecular weight excluding hydrogens is 348 g/mol. The lowest BCUT2D eigenvalue weighted by Gasteiger charge is -2.24. The van der Waals surface area contributed by atoms with Gasteiger partial charge in [-0.15, -0.1) is 12.4 Å². The molecular formula is C21H31ClN2O2. The van der Waals surface area contributed by atoms with Gasteiger partial charge in [0.2, 0.25) is 0 Å². The zero-order valence-electron chi connectivity index (χ0n) is 16.2. The number of methoxy groups -OCH3 is 2. The van der Waals surface area contributed by atoms with Crippen LogP contribution in [0, 0.1) is 5.92 Å². The summed E-state index contributed by atoms with van der Waals surface area (Å²) in [6, 6.07) is 14.3. The lowest BCUT2D eigenvalue weighted by atomic mass is 10.1. The summed E-state index contributed by atoms with van der Waals surface area (Å²) in [5.41, 5.74) is 9.24. The van der Waals surface area contributed by atoms with Gasteiger partial charge in [0, 0.05) is 25.3 Å². The van der Waals surface area contributed by atoms with Crippen LogP contribution in [-0.2, 0) is 13.0 Å². The molecule has 2 aromatic rings. The number of nitrogens with two attached hydrogens (primary N) is 1. The number of hydrogen-bond acceptors (Lipinski definition) is 4. The number of anilines is 1. The van der Waals surface area contributed by atoms with Crippen molar-refractivity contribution in [1.29, 1.82) is 0 Å². The lowest BCUT2D eigenvalue weighted by Crippen LogP contribution is -2.29. The molecule has 0 unspecified atom stereocenters.